The zero-order chi connectivity index (χ0) is 26.3. The maximum atomic E-state index is 6.67. The first-order valence-corrected chi connectivity index (χ1v) is 13.6. The minimum atomic E-state index is 0.397. The quantitative estimate of drug-likeness (QED) is 0.184. The lowest BCUT2D eigenvalue weighted by Gasteiger charge is -2.10. The Morgan fingerprint density at radius 1 is 0.641 bits per heavy atom. The Balaban J connectivity index is 1.42. The minimum absolute atomic E-state index is 0.397. The molecule has 0 bridgehead atoms. The molecule has 5 aromatic carbocycles. The van der Waals surface area contributed by atoms with E-state index in [2.05, 4.69) is 95.4 Å². The highest BCUT2D eigenvalue weighted by molar-refractivity contribution is 7.17. The third-order valence-electron chi connectivity index (χ3n) is 7.07. The molecule has 0 aliphatic rings. The molecular weight excluding hydrogens is 496 g/mol. The Morgan fingerprint density at radius 2 is 1.26 bits per heavy atom. The van der Waals surface area contributed by atoms with Gasteiger partial charge in [0.05, 0.1) is 11.2 Å². The van der Waals surface area contributed by atoms with Crippen LogP contribution < -0.4 is 5.73 Å². The molecule has 0 saturated carbocycles. The number of nitrogens with two attached hydrogens (primary N) is 1. The average Bonchev–Trinajstić information content (AvgIpc) is 3.57. The molecule has 2 heterocycles. The molecule has 0 saturated heterocycles. The first-order chi connectivity index (χ1) is 19.2. The Kier molecular flexibility index (Phi) is 5.57. The Hall–Kier alpha value is -5.00. The second kappa shape index (κ2) is 9.39. The first kappa shape index (κ1) is 23.1. The fourth-order valence-corrected chi connectivity index (χ4v) is 6.01. The monoisotopic (exact) mass is 520 g/mol. The van der Waals surface area contributed by atoms with Crippen molar-refractivity contribution in [1.29, 1.82) is 0 Å². The van der Waals surface area contributed by atoms with E-state index in [-0.39, 0.29) is 0 Å². The number of hydrogen-bond donors (Lipinski definition) is 1. The lowest BCUT2D eigenvalue weighted by Crippen LogP contribution is -2.19. The van der Waals surface area contributed by atoms with Crippen LogP contribution in [0.1, 0.15) is 11.1 Å². The number of nitrogens with zero attached hydrogens (tertiary/aromatic N) is 3. The van der Waals surface area contributed by atoms with Crippen molar-refractivity contribution in [2.75, 3.05) is 0 Å². The van der Waals surface area contributed by atoms with E-state index in [4.69, 9.17) is 15.7 Å². The van der Waals surface area contributed by atoms with E-state index in [0.717, 1.165) is 43.0 Å². The number of aromatic nitrogens is 1. The van der Waals surface area contributed by atoms with Crippen LogP contribution in [0, 0.1) is 0 Å². The number of aliphatic imine (C=N–C) groups is 2. The van der Waals surface area contributed by atoms with Crippen LogP contribution in [0.25, 0.3) is 48.4 Å². The number of hydrogen-bond acceptors (Lipinski definition) is 2. The Bertz CT molecular complexity index is 2110. The standard InChI is InChI=1S/C34H24N4S/c1-22(25-16-14-23-8-2-4-10-26(23)20-25)36-34(37-32(35)28-17-15-24-9-3-5-11-27(24)21-28)38-31-13-7-6-12-29(31)30-18-19-39-33(30)38/h2-21H,1H2,(H2,35,36,37). The van der Waals surface area contributed by atoms with E-state index >= 15 is 0 Å². The third kappa shape index (κ3) is 4.10. The molecule has 0 unspecified atom stereocenters. The summed E-state index contributed by atoms with van der Waals surface area (Å²) in [6.07, 6.45) is 0. The first-order valence-electron chi connectivity index (χ1n) is 12.7. The van der Waals surface area contributed by atoms with Crippen LogP contribution in [-0.4, -0.2) is 16.4 Å². The van der Waals surface area contributed by atoms with Crippen LogP contribution in [0.3, 0.4) is 0 Å². The molecule has 7 aromatic rings. The van der Waals surface area contributed by atoms with Crippen LogP contribution in [0.5, 0.6) is 0 Å². The summed E-state index contributed by atoms with van der Waals surface area (Å²) < 4.78 is 2.09. The highest BCUT2D eigenvalue weighted by Gasteiger charge is 2.17. The average molecular weight is 521 g/mol. The molecule has 7 rings (SSSR count). The van der Waals surface area contributed by atoms with E-state index in [0.29, 0.717) is 17.5 Å². The van der Waals surface area contributed by atoms with Crippen molar-refractivity contribution >= 4 is 71.5 Å². The zero-order valence-corrected chi connectivity index (χ0v) is 21.9. The van der Waals surface area contributed by atoms with Gasteiger partial charge in [0.1, 0.15) is 10.7 Å². The highest BCUT2D eigenvalue weighted by Crippen LogP contribution is 2.33. The second-order valence-electron chi connectivity index (χ2n) is 9.47. The molecule has 39 heavy (non-hydrogen) atoms. The van der Waals surface area contributed by atoms with E-state index in [9.17, 15) is 0 Å². The minimum Gasteiger partial charge on any atom is -0.383 e. The molecule has 2 N–H and O–H groups in total. The van der Waals surface area contributed by atoms with E-state index < -0.39 is 0 Å². The summed E-state index contributed by atoms with van der Waals surface area (Å²) in [5, 5.41) is 8.99. The van der Waals surface area contributed by atoms with Crippen molar-refractivity contribution in [3.63, 3.8) is 0 Å². The second-order valence-corrected chi connectivity index (χ2v) is 10.4. The number of amidine groups is 1. The molecule has 0 amide bonds. The van der Waals surface area contributed by atoms with E-state index in [1.807, 2.05) is 36.4 Å². The molecule has 0 fully saturated rings. The van der Waals surface area contributed by atoms with Gasteiger partial charge >= 0.3 is 0 Å². The lowest BCUT2D eigenvalue weighted by atomic mass is 10.1. The van der Waals surface area contributed by atoms with E-state index in [1.165, 1.54) is 10.8 Å². The topological polar surface area (TPSA) is 55.7 Å². The van der Waals surface area contributed by atoms with Crippen molar-refractivity contribution in [2.24, 2.45) is 15.7 Å². The highest BCUT2D eigenvalue weighted by atomic mass is 32.1. The molecular formula is C34H24N4S. The summed E-state index contributed by atoms with van der Waals surface area (Å²) in [5.74, 6) is 0.876. The molecule has 0 spiro atoms. The summed E-state index contributed by atoms with van der Waals surface area (Å²) in [4.78, 5) is 11.1. The molecule has 5 heteroatoms. The number of benzene rings is 5. The molecule has 2 aromatic heterocycles. The van der Waals surface area contributed by atoms with Gasteiger partial charge < -0.3 is 5.73 Å². The van der Waals surface area contributed by atoms with Crippen molar-refractivity contribution < 1.29 is 0 Å². The molecule has 0 aliphatic carbocycles. The van der Waals surface area contributed by atoms with E-state index in [1.54, 1.807) is 11.3 Å². The molecule has 186 valence electrons. The predicted octanol–water partition coefficient (Wildman–Crippen LogP) is 8.44. The van der Waals surface area contributed by atoms with Crippen LogP contribution >= 0.6 is 11.3 Å². The molecule has 0 aliphatic heterocycles. The molecule has 4 nitrogen and oxygen atoms in total. The maximum absolute atomic E-state index is 6.67. The van der Waals surface area contributed by atoms with Crippen LogP contribution in [0.15, 0.2) is 137 Å². The molecule has 0 radical (unpaired) electrons. The van der Waals surface area contributed by atoms with Crippen LogP contribution in [0.2, 0.25) is 0 Å². The van der Waals surface area contributed by atoms with Crippen molar-refractivity contribution in [1.82, 2.24) is 4.57 Å². The van der Waals surface area contributed by atoms with Gasteiger partial charge in [-0.05, 0) is 51.2 Å². The molecule has 0 atom stereocenters. The van der Waals surface area contributed by atoms with Gasteiger partial charge in [-0.2, -0.15) is 4.99 Å². The van der Waals surface area contributed by atoms with Gasteiger partial charge in [-0.1, -0.05) is 97.6 Å². The lowest BCUT2D eigenvalue weighted by molar-refractivity contribution is 1.23. The van der Waals surface area contributed by atoms with Gasteiger partial charge in [-0.15, -0.1) is 11.3 Å². The SMILES string of the molecule is C=C(/N=C(\N=C(/N)c1ccc2ccccc2c1)n1c2ccccc2c2ccsc21)c1ccc2ccccc2c1. The Labute approximate surface area is 229 Å². The number of thiophene rings is 1. The van der Waals surface area contributed by atoms with Gasteiger partial charge in [-0.25, -0.2) is 4.99 Å². The van der Waals surface area contributed by atoms with Gasteiger partial charge in [0.25, 0.3) is 0 Å². The van der Waals surface area contributed by atoms with Gasteiger partial charge in [0, 0.05) is 21.9 Å². The van der Waals surface area contributed by atoms with Crippen molar-refractivity contribution in [3.8, 4) is 0 Å². The maximum Gasteiger partial charge on any atom is 0.237 e. The normalized spacial score (nSPS) is 12.6. The number of fused-ring (bicyclic) bond motifs is 5. The number of rotatable bonds is 3. The van der Waals surface area contributed by atoms with Crippen LogP contribution in [0.4, 0.5) is 0 Å². The van der Waals surface area contributed by atoms with Crippen LogP contribution in [-0.2, 0) is 0 Å². The zero-order valence-electron chi connectivity index (χ0n) is 21.1. The summed E-state index contributed by atoms with van der Waals surface area (Å²) in [6, 6.07) is 39.4. The predicted molar refractivity (Wildman–Crippen MR) is 168 cm³/mol. The fourth-order valence-electron chi connectivity index (χ4n) is 5.08. The largest absolute Gasteiger partial charge is 0.383 e. The Morgan fingerprint density at radius 3 is 2.00 bits per heavy atom. The van der Waals surface area contributed by atoms with Crippen molar-refractivity contribution in [2.45, 2.75) is 0 Å². The summed E-state index contributed by atoms with van der Waals surface area (Å²) in [5.41, 5.74) is 10.1. The van der Waals surface area contributed by atoms with Gasteiger partial charge in [0.2, 0.25) is 5.96 Å². The van der Waals surface area contributed by atoms with Crippen molar-refractivity contribution in [3.05, 3.63) is 138 Å². The fraction of sp³-hybridized carbons (Fsp3) is 0. The summed E-state index contributed by atoms with van der Waals surface area (Å²) in [6.45, 7) is 4.34. The summed E-state index contributed by atoms with van der Waals surface area (Å²) >= 11 is 1.66. The van der Waals surface area contributed by atoms with Gasteiger partial charge in [0.15, 0.2) is 0 Å². The van der Waals surface area contributed by atoms with Gasteiger partial charge in [-0.3, -0.25) is 4.57 Å². The third-order valence-corrected chi connectivity index (χ3v) is 7.96. The smallest absolute Gasteiger partial charge is 0.237 e. The summed E-state index contributed by atoms with van der Waals surface area (Å²) in [7, 11) is 0. The number of para-hydroxylation sites is 1.